The molecule has 1 saturated heterocycles. The first-order valence-electron chi connectivity index (χ1n) is 9.06. The topological polar surface area (TPSA) is 37.4 Å². The van der Waals surface area contributed by atoms with E-state index in [-0.39, 0.29) is 11.1 Å². The number of amides is 2. The van der Waals surface area contributed by atoms with Crippen molar-refractivity contribution in [2.75, 3.05) is 4.90 Å². The Kier molecular flexibility index (Phi) is 4.38. The molecule has 0 aliphatic carbocycles. The summed E-state index contributed by atoms with van der Waals surface area (Å²) < 4.78 is 0. The second kappa shape index (κ2) is 7.07. The van der Waals surface area contributed by atoms with E-state index >= 15 is 0 Å². The summed E-state index contributed by atoms with van der Waals surface area (Å²) in [4.78, 5) is 27.3. The van der Waals surface area contributed by atoms with Crippen molar-refractivity contribution >= 4 is 67.8 Å². The first-order chi connectivity index (χ1) is 14.1. The van der Waals surface area contributed by atoms with Gasteiger partial charge in [0.2, 0.25) is 0 Å². The second-order valence-electron chi connectivity index (χ2n) is 6.73. The molecular weight excluding hydrogens is 402 g/mol. The van der Waals surface area contributed by atoms with Gasteiger partial charge >= 0.3 is 0 Å². The van der Waals surface area contributed by atoms with Gasteiger partial charge in [-0.05, 0) is 75.3 Å². The molecule has 1 aliphatic rings. The minimum absolute atomic E-state index is 0.312. The van der Waals surface area contributed by atoms with Crippen LogP contribution in [0.3, 0.4) is 0 Å². The van der Waals surface area contributed by atoms with Crippen molar-refractivity contribution in [2.45, 2.75) is 0 Å². The van der Waals surface area contributed by atoms with Crippen molar-refractivity contribution in [2.24, 2.45) is 0 Å². The molecule has 1 fully saturated rings. The third kappa shape index (κ3) is 3.11. The van der Waals surface area contributed by atoms with Crippen LogP contribution in [0.4, 0.5) is 10.5 Å². The molecule has 0 atom stereocenters. The van der Waals surface area contributed by atoms with Crippen molar-refractivity contribution in [1.82, 2.24) is 0 Å². The summed E-state index contributed by atoms with van der Waals surface area (Å²) in [6.07, 6.45) is 1.84. The lowest BCUT2D eigenvalue weighted by Crippen LogP contribution is -2.27. The normalized spacial score (nSPS) is 15.8. The number of halogens is 1. The fourth-order valence-electron chi connectivity index (χ4n) is 3.62. The van der Waals surface area contributed by atoms with Gasteiger partial charge in [0.1, 0.15) is 0 Å². The minimum atomic E-state index is -0.320. The smallest absolute Gasteiger partial charge is 0.268 e. The third-order valence-electron chi connectivity index (χ3n) is 4.97. The van der Waals surface area contributed by atoms with Crippen LogP contribution in [0.2, 0.25) is 5.02 Å². The Morgan fingerprint density at radius 3 is 2.00 bits per heavy atom. The number of hydrogen-bond acceptors (Lipinski definition) is 3. The number of anilines is 1. The number of carbonyl (C=O) groups is 2. The van der Waals surface area contributed by atoms with Gasteiger partial charge in [-0.1, -0.05) is 60.1 Å². The van der Waals surface area contributed by atoms with E-state index in [1.165, 1.54) is 4.90 Å². The number of fused-ring (bicyclic) bond motifs is 2. The molecule has 29 heavy (non-hydrogen) atoms. The molecule has 0 radical (unpaired) electrons. The summed E-state index contributed by atoms with van der Waals surface area (Å²) in [6.45, 7) is 0. The molecule has 0 spiro atoms. The van der Waals surface area contributed by atoms with Gasteiger partial charge in [-0.2, -0.15) is 0 Å². The lowest BCUT2D eigenvalue weighted by molar-refractivity contribution is -0.113. The highest BCUT2D eigenvalue weighted by Crippen LogP contribution is 2.38. The monoisotopic (exact) mass is 415 g/mol. The van der Waals surface area contributed by atoms with Crippen molar-refractivity contribution in [3.05, 3.63) is 94.4 Å². The van der Waals surface area contributed by atoms with E-state index in [9.17, 15) is 9.59 Å². The maximum Gasteiger partial charge on any atom is 0.298 e. The molecule has 0 saturated carbocycles. The van der Waals surface area contributed by atoms with Crippen LogP contribution < -0.4 is 4.90 Å². The lowest BCUT2D eigenvalue weighted by atomic mass is 9.96. The molecule has 4 aromatic rings. The van der Waals surface area contributed by atoms with Crippen LogP contribution in [0.15, 0.2) is 83.8 Å². The first-order valence-corrected chi connectivity index (χ1v) is 10.3. The predicted octanol–water partition coefficient (Wildman–Crippen LogP) is 6.89. The van der Waals surface area contributed by atoms with Crippen LogP contribution in [0.5, 0.6) is 0 Å². The third-order valence-corrected chi connectivity index (χ3v) is 6.09. The van der Waals surface area contributed by atoms with Gasteiger partial charge in [0.05, 0.1) is 10.6 Å². The summed E-state index contributed by atoms with van der Waals surface area (Å²) >= 11 is 6.89. The maximum absolute atomic E-state index is 13.1. The molecule has 1 heterocycles. The average Bonchev–Trinajstić information content (AvgIpc) is 3.01. The van der Waals surface area contributed by atoms with Gasteiger partial charge in [-0.25, -0.2) is 4.90 Å². The molecule has 3 nitrogen and oxygen atoms in total. The van der Waals surface area contributed by atoms with Crippen LogP contribution in [-0.2, 0) is 4.79 Å². The average molecular weight is 416 g/mol. The molecule has 4 aromatic carbocycles. The second-order valence-corrected chi connectivity index (χ2v) is 8.16. The Labute approximate surface area is 176 Å². The Morgan fingerprint density at radius 1 is 0.793 bits per heavy atom. The molecule has 0 bridgehead atoms. The number of carbonyl (C=O) groups excluding carboxylic acids is 2. The van der Waals surface area contributed by atoms with Gasteiger partial charge in [-0.3, -0.25) is 9.59 Å². The van der Waals surface area contributed by atoms with Crippen molar-refractivity contribution in [1.29, 1.82) is 0 Å². The molecule has 0 unspecified atom stereocenters. The Balaban J connectivity index is 1.67. The number of rotatable bonds is 2. The zero-order chi connectivity index (χ0) is 20.0. The summed E-state index contributed by atoms with van der Waals surface area (Å²) in [5.74, 6) is -0.320. The van der Waals surface area contributed by atoms with E-state index in [1.807, 2.05) is 42.5 Å². The molecule has 2 amide bonds. The molecule has 0 aromatic heterocycles. The van der Waals surface area contributed by atoms with Gasteiger partial charge in [0.25, 0.3) is 11.1 Å². The molecule has 5 heteroatoms. The van der Waals surface area contributed by atoms with Gasteiger partial charge in [0.15, 0.2) is 0 Å². The fourth-order valence-corrected chi connectivity index (χ4v) is 4.57. The van der Waals surface area contributed by atoms with E-state index in [2.05, 4.69) is 18.2 Å². The zero-order valence-electron chi connectivity index (χ0n) is 15.1. The van der Waals surface area contributed by atoms with E-state index < -0.39 is 0 Å². The number of thioether (sulfide) groups is 1. The fraction of sp³-hybridized carbons (Fsp3) is 0. The van der Waals surface area contributed by atoms with Crippen molar-refractivity contribution < 1.29 is 9.59 Å². The SMILES string of the molecule is O=C1SC(=Cc2c3ccccc3cc3ccccc23)C(=O)N1c1ccc(Cl)cc1. The summed E-state index contributed by atoms with van der Waals surface area (Å²) in [5, 5.41) is 4.52. The summed E-state index contributed by atoms with van der Waals surface area (Å²) in [6, 6.07) is 25.0. The van der Waals surface area contributed by atoms with E-state index in [0.717, 1.165) is 38.9 Å². The summed E-state index contributed by atoms with van der Waals surface area (Å²) in [7, 11) is 0. The molecule has 1 aliphatic heterocycles. The van der Waals surface area contributed by atoms with Gasteiger partial charge < -0.3 is 0 Å². The van der Waals surface area contributed by atoms with E-state index in [4.69, 9.17) is 11.6 Å². The largest absolute Gasteiger partial charge is 0.298 e. The van der Waals surface area contributed by atoms with Crippen LogP contribution in [-0.4, -0.2) is 11.1 Å². The van der Waals surface area contributed by atoms with Crippen LogP contribution in [0, 0.1) is 0 Å². The van der Waals surface area contributed by atoms with Crippen LogP contribution in [0.1, 0.15) is 5.56 Å². The number of imide groups is 1. The highest BCUT2D eigenvalue weighted by molar-refractivity contribution is 8.19. The zero-order valence-corrected chi connectivity index (χ0v) is 16.7. The lowest BCUT2D eigenvalue weighted by Gasteiger charge is -2.12. The highest BCUT2D eigenvalue weighted by atomic mass is 35.5. The van der Waals surface area contributed by atoms with E-state index in [0.29, 0.717) is 15.6 Å². The Morgan fingerprint density at radius 2 is 1.38 bits per heavy atom. The molecule has 140 valence electrons. The number of hydrogen-bond donors (Lipinski definition) is 0. The standard InChI is InChI=1S/C24H14ClNO2S/c25-17-9-11-18(12-10-17)26-23(27)22(29-24(26)28)14-21-19-7-3-1-5-15(19)13-16-6-2-4-8-20(16)21/h1-14H. The molecular formula is C24H14ClNO2S. The highest BCUT2D eigenvalue weighted by Gasteiger charge is 2.36. The Bertz CT molecular complexity index is 1270. The van der Waals surface area contributed by atoms with Crippen LogP contribution >= 0.6 is 23.4 Å². The van der Waals surface area contributed by atoms with Crippen LogP contribution in [0.25, 0.3) is 27.6 Å². The maximum atomic E-state index is 13.1. The predicted molar refractivity (Wildman–Crippen MR) is 121 cm³/mol. The Hall–Kier alpha value is -3.08. The van der Waals surface area contributed by atoms with Gasteiger partial charge in [0, 0.05) is 5.02 Å². The molecule has 0 N–H and O–H groups in total. The van der Waals surface area contributed by atoms with Crippen molar-refractivity contribution in [3.8, 4) is 0 Å². The van der Waals surface area contributed by atoms with Crippen molar-refractivity contribution in [3.63, 3.8) is 0 Å². The summed E-state index contributed by atoms with van der Waals surface area (Å²) in [5.41, 5.74) is 1.46. The van der Waals surface area contributed by atoms with Gasteiger partial charge in [-0.15, -0.1) is 0 Å². The number of benzene rings is 4. The number of nitrogens with zero attached hydrogens (tertiary/aromatic N) is 1. The van der Waals surface area contributed by atoms with E-state index in [1.54, 1.807) is 24.3 Å². The molecule has 5 rings (SSSR count). The quantitative estimate of drug-likeness (QED) is 0.264. The minimum Gasteiger partial charge on any atom is -0.268 e. The first kappa shape index (κ1) is 18.0.